The summed E-state index contributed by atoms with van der Waals surface area (Å²) in [6.07, 6.45) is 3.54. The molecular formula is C16H33N5O2S. The maximum absolute atomic E-state index is 11.4. The summed E-state index contributed by atoms with van der Waals surface area (Å²) in [4.78, 5) is 9.04. The molecule has 0 aromatic carbocycles. The molecule has 0 spiro atoms. The second-order valence-corrected chi connectivity index (χ2v) is 9.06. The van der Waals surface area contributed by atoms with E-state index in [4.69, 9.17) is 0 Å². The molecule has 0 radical (unpaired) electrons. The fourth-order valence-corrected chi connectivity index (χ4v) is 4.59. The summed E-state index contributed by atoms with van der Waals surface area (Å²) in [5, 5.41) is 6.87. The van der Waals surface area contributed by atoms with Gasteiger partial charge < -0.3 is 15.5 Å². The van der Waals surface area contributed by atoms with E-state index in [1.54, 1.807) is 7.05 Å². The minimum atomic E-state index is -2.79. The zero-order valence-corrected chi connectivity index (χ0v) is 15.9. The molecule has 2 rings (SSSR count). The van der Waals surface area contributed by atoms with Crippen molar-refractivity contribution in [3.63, 3.8) is 0 Å². The van der Waals surface area contributed by atoms with Gasteiger partial charge in [-0.05, 0) is 25.8 Å². The van der Waals surface area contributed by atoms with Crippen molar-refractivity contribution < 1.29 is 8.42 Å². The van der Waals surface area contributed by atoms with Gasteiger partial charge in [0.25, 0.3) is 0 Å². The lowest BCUT2D eigenvalue weighted by Crippen LogP contribution is -2.50. The highest BCUT2D eigenvalue weighted by molar-refractivity contribution is 7.91. The van der Waals surface area contributed by atoms with Gasteiger partial charge in [-0.25, -0.2) is 8.42 Å². The zero-order valence-electron chi connectivity index (χ0n) is 15.1. The maximum Gasteiger partial charge on any atom is 0.191 e. The molecule has 0 saturated carbocycles. The van der Waals surface area contributed by atoms with Crippen LogP contribution in [0.4, 0.5) is 0 Å². The number of nitrogens with zero attached hydrogens (tertiary/aromatic N) is 3. The Balaban J connectivity index is 1.63. The van der Waals surface area contributed by atoms with Crippen molar-refractivity contribution in [2.75, 3.05) is 64.4 Å². The normalized spacial score (nSPS) is 24.0. The summed E-state index contributed by atoms with van der Waals surface area (Å²) >= 11 is 0. The minimum Gasteiger partial charge on any atom is -0.355 e. The van der Waals surface area contributed by atoms with Crippen LogP contribution in [0, 0.1) is 0 Å². The molecule has 0 unspecified atom stereocenters. The number of sulfone groups is 1. The second kappa shape index (κ2) is 9.58. The van der Waals surface area contributed by atoms with Crippen LogP contribution in [0.1, 0.15) is 26.2 Å². The molecular weight excluding hydrogens is 326 g/mol. The van der Waals surface area contributed by atoms with Gasteiger partial charge in [-0.2, -0.15) is 0 Å². The van der Waals surface area contributed by atoms with Gasteiger partial charge in [0.1, 0.15) is 0 Å². The first-order chi connectivity index (χ1) is 11.5. The fourth-order valence-electron chi connectivity index (χ4n) is 3.31. The van der Waals surface area contributed by atoms with Gasteiger partial charge in [-0.1, -0.05) is 6.92 Å². The van der Waals surface area contributed by atoms with E-state index in [0.29, 0.717) is 19.1 Å². The van der Waals surface area contributed by atoms with Crippen LogP contribution in [0.3, 0.4) is 0 Å². The van der Waals surface area contributed by atoms with Crippen molar-refractivity contribution in [3.8, 4) is 0 Å². The van der Waals surface area contributed by atoms with Crippen LogP contribution in [0.5, 0.6) is 0 Å². The molecule has 2 aliphatic heterocycles. The molecule has 2 saturated heterocycles. The van der Waals surface area contributed by atoms with Gasteiger partial charge in [0.15, 0.2) is 15.8 Å². The molecule has 0 atom stereocenters. The molecule has 0 aromatic heterocycles. The lowest BCUT2D eigenvalue weighted by atomic mass is 10.1. The van der Waals surface area contributed by atoms with Crippen LogP contribution in [0.2, 0.25) is 0 Å². The topological polar surface area (TPSA) is 77.0 Å². The van der Waals surface area contributed by atoms with E-state index in [1.807, 2.05) is 0 Å². The number of aliphatic imine (C=N–C) groups is 1. The second-order valence-electron chi connectivity index (χ2n) is 6.75. The first kappa shape index (κ1) is 19.5. The maximum atomic E-state index is 11.4. The number of likely N-dealkylation sites (tertiary alicyclic amines) is 1. The Morgan fingerprint density at radius 2 is 1.71 bits per heavy atom. The van der Waals surface area contributed by atoms with Gasteiger partial charge in [-0.3, -0.25) is 9.89 Å². The van der Waals surface area contributed by atoms with Crippen LogP contribution in [-0.2, 0) is 9.84 Å². The quantitative estimate of drug-likeness (QED) is 0.503. The van der Waals surface area contributed by atoms with E-state index in [0.717, 1.165) is 45.0 Å². The number of hydrogen-bond acceptors (Lipinski definition) is 5. The zero-order chi connectivity index (χ0) is 17.4. The van der Waals surface area contributed by atoms with Crippen LogP contribution in [-0.4, -0.2) is 94.6 Å². The first-order valence-corrected chi connectivity index (χ1v) is 11.0. The van der Waals surface area contributed by atoms with Crippen LogP contribution in [0.15, 0.2) is 4.99 Å². The summed E-state index contributed by atoms with van der Waals surface area (Å²) in [6.45, 7) is 8.67. The van der Waals surface area contributed by atoms with Gasteiger partial charge in [0.2, 0.25) is 0 Å². The van der Waals surface area contributed by atoms with E-state index >= 15 is 0 Å². The molecule has 8 heteroatoms. The molecule has 0 aromatic rings. The van der Waals surface area contributed by atoms with Crippen LogP contribution < -0.4 is 10.6 Å². The smallest absolute Gasteiger partial charge is 0.191 e. The standard InChI is InChI=1S/C16H33N5O2S/c1-3-7-20-8-4-15(5-9-20)19-16(17-2)18-6-10-21-11-13-24(22,23)14-12-21/h15H,3-14H2,1-2H3,(H2,17,18,19). The minimum absolute atomic E-state index is 0.288. The molecule has 0 bridgehead atoms. The average molecular weight is 360 g/mol. The van der Waals surface area contributed by atoms with Gasteiger partial charge in [0.05, 0.1) is 11.5 Å². The lowest BCUT2D eigenvalue weighted by molar-refractivity contribution is 0.206. The van der Waals surface area contributed by atoms with E-state index in [9.17, 15) is 8.42 Å². The molecule has 0 aliphatic carbocycles. The van der Waals surface area contributed by atoms with Gasteiger partial charge >= 0.3 is 0 Å². The molecule has 2 N–H and O–H groups in total. The van der Waals surface area contributed by atoms with Crippen molar-refractivity contribution in [3.05, 3.63) is 0 Å². The Morgan fingerprint density at radius 3 is 2.29 bits per heavy atom. The predicted octanol–water partition coefficient (Wildman–Crippen LogP) is -0.244. The lowest BCUT2D eigenvalue weighted by Gasteiger charge is -2.33. The number of rotatable bonds is 6. The Bertz CT molecular complexity index is 487. The summed E-state index contributed by atoms with van der Waals surface area (Å²) in [5.41, 5.74) is 0. The van der Waals surface area contributed by atoms with Gasteiger partial charge in [0, 0.05) is 52.4 Å². The van der Waals surface area contributed by atoms with Crippen LogP contribution >= 0.6 is 0 Å². The predicted molar refractivity (Wildman–Crippen MR) is 99.3 cm³/mol. The molecule has 2 heterocycles. The van der Waals surface area contributed by atoms with E-state index in [1.165, 1.54) is 13.0 Å². The van der Waals surface area contributed by atoms with E-state index in [2.05, 4.69) is 32.3 Å². The Hall–Kier alpha value is -0.860. The van der Waals surface area contributed by atoms with E-state index in [-0.39, 0.29) is 11.5 Å². The average Bonchev–Trinajstić information content (AvgIpc) is 2.57. The summed E-state index contributed by atoms with van der Waals surface area (Å²) < 4.78 is 22.9. The molecule has 140 valence electrons. The number of hydrogen-bond donors (Lipinski definition) is 2. The Morgan fingerprint density at radius 1 is 1.08 bits per heavy atom. The third kappa shape index (κ3) is 6.57. The monoisotopic (exact) mass is 359 g/mol. The van der Waals surface area contributed by atoms with Crippen molar-refractivity contribution in [2.24, 2.45) is 4.99 Å². The van der Waals surface area contributed by atoms with Crippen molar-refractivity contribution >= 4 is 15.8 Å². The number of guanidine groups is 1. The molecule has 24 heavy (non-hydrogen) atoms. The Kier molecular flexibility index (Phi) is 7.77. The summed E-state index contributed by atoms with van der Waals surface area (Å²) in [6, 6.07) is 0.490. The SMILES string of the molecule is CCCN1CCC(NC(=NC)NCCN2CCS(=O)(=O)CC2)CC1. The first-order valence-electron chi connectivity index (χ1n) is 9.14. The summed E-state index contributed by atoms with van der Waals surface area (Å²) in [5.74, 6) is 1.43. The van der Waals surface area contributed by atoms with Gasteiger partial charge in [-0.15, -0.1) is 0 Å². The molecule has 7 nitrogen and oxygen atoms in total. The van der Waals surface area contributed by atoms with Crippen molar-refractivity contribution in [1.29, 1.82) is 0 Å². The molecule has 2 aliphatic rings. The third-order valence-electron chi connectivity index (χ3n) is 4.85. The van der Waals surface area contributed by atoms with Crippen molar-refractivity contribution in [2.45, 2.75) is 32.2 Å². The highest BCUT2D eigenvalue weighted by atomic mass is 32.2. The van der Waals surface area contributed by atoms with Crippen molar-refractivity contribution in [1.82, 2.24) is 20.4 Å². The Labute approximate surface area is 146 Å². The van der Waals surface area contributed by atoms with E-state index < -0.39 is 9.84 Å². The third-order valence-corrected chi connectivity index (χ3v) is 6.46. The van der Waals surface area contributed by atoms with Crippen LogP contribution in [0.25, 0.3) is 0 Å². The number of nitrogens with one attached hydrogen (secondary N) is 2. The largest absolute Gasteiger partial charge is 0.355 e. The highest BCUT2D eigenvalue weighted by Gasteiger charge is 2.21. The highest BCUT2D eigenvalue weighted by Crippen LogP contribution is 2.10. The molecule has 2 fully saturated rings. The summed E-state index contributed by atoms with van der Waals surface area (Å²) in [7, 11) is -0.991. The fraction of sp³-hybridized carbons (Fsp3) is 0.938. The molecule has 0 amide bonds. The number of piperidine rings is 1.